The molecule has 2 rings (SSSR count). The summed E-state index contributed by atoms with van der Waals surface area (Å²) in [6.45, 7) is 9.33. The molecule has 0 unspecified atom stereocenters. The zero-order valence-electron chi connectivity index (χ0n) is 12.1. The number of nitrogens with zero attached hydrogens (tertiary/aromatic N) is 1. The lowest BCUT2D eigenvalue weighted by Crippen LogP contribution is -2.45. The maximum atomic E-state index is 13.6. The standard InChI is InChI=1S/C15H21FN2O.2ClH/c1-3-4-13(18-9-7-17-8-10-18)14-11(2)5-6-12(16)15(14)19;;/h3,5-6,13,17,19H,1,4,7-10H2,2H3;2*1H/t13-;;/m1../s1. The van der Waals surface area contributed by atoms with E-state index in [1.165, 1.54) is 6.07 Å². The molecule has 1 saturated heterocycles. The molecule has 1 aliphatic heterocycles. The molecular formula is C15H23Cl2FN2O. The lowest BCUT2D eigenvalue weighted by atomic mass is 9.95. The Morgan fingerprint density at radius 2 is 2.00 bits per heavy atom. The average Bonchev–Trinajstić information content (AvgIpc) is 2.43. The minimum absolute atomic E-state index is 0. The summed E-state index contributed by atoms with van der Waals surface area (Å²) in [7, 11) is 0. The highest BCUT2D eigenvalue weighted by Gasteiger charge is 2.26. The predicted octanol–water partition coefficient (Wildman–Crippen LogP) is 3.21. The fourth-order valence-electron chi connectivity index (χ4n) is 2.70. The monoisotopic (exact) mass is 336 g/mol. The first-order valence-corrected chi connectivity index (χ1v) is 6.68. The molecule has 1 aromatic carbocycles. The zero-order chi connectivity index (χ0) is 13.8. The molecule has 0 radical (unpaired) electrons. The summed E-state index contributed by atoms with van der Waals surface area (Å²) >= 11 is 0. The Balaban J connectivity index is 0.00000200. The van der Waals surface area contributed by atoms with Gasteiger partial charge >= 0.3 is 0 Å². The number of piperazine rings is 1. The summed E-state index contributed by atoms with van der Waals surface area (Å²) in [5.41, 5.74) is 1.62. The van der Waals surface area contributed by atoms with Gasteiger partial charge in [0.05, 0.1) is 0 Å². The van der Waals surface area contributed by atoms with Gasteiger partial charge in [0, 0.05) is 37.8 Å². The molecule has 21 heavy (non-hydrogen) atoms. The van der Waals surface area contributed by atoms with Crippen molar-refractivity contribution in [3.63, 3.8) is 0 Å². The first-order valence-electron chi connectivity index (χ1n) is 6.68. The molecule has 6 heteroatoms. The number of benzene rings is 1. The number of phenols is 1. The molecule has 1 aliphatic rings. The van der Waals surface area contributed by atoms with Crippen molar-refractivity contribution in [3.05, 3.63) is 41.7 Å². The van der Waals surface area contributed by atoms with E-state index in [0.717, 1.165) is 31.7 Å². The molecule has 0 aromatic heterocycles. The van der Waals surface area contributed by atoms with Gasteiger partial charge in [0.2, 0.25) is 0 Å². The lowest BCUT2D eigenvalue weighted by molar-refractivity contribution is 0.170. The normalized spacial score (nSPS) is 16.5. The van der Waals surface area contributed by atoms with Gasteiger partial charge in [0.25, 0.3) is 0 Å². The Hall–Kier alpha value is -0.810. The highest BCUT2D eigenvalue weighted by Crippen LogP contribution is 2.35. The van der Waals surface area contributed by atoms with E-state index < -0.39 is 5.82 Å². The van der Waals surface area contributed by atoms with Crippen LogP contribution in [0.15, 0.2) is 24.8 Å². The highest BCUT2D eigenvalue weighted by atomic mass is 35.5. The minimum atomic E-state index is -0.551. The van der Waals surface area contributed by atoms with Crippen molar-refractivity contribution in [1.82, 2.24) is 10.2 Å². The largest absolute Gasteiger partial charge is 0.505 e. The van der Waals surface area contributed by atoms with E-state index in [1.54, 1.807) is 6.07 Å². The number of nitrogens with one attached hydrogen (secondary N) is 1. The van der Waals surface area contributed by atoms with E-state index in [4.69, 9.17) is 0 Å². The van der Waals surface area contributed by atoms with Crippen molar-refractivity contribution in [2.24, 2.45) is 0 Å². The van der Waals surface area contributed by atoms with Gasteiger partial charge in [-0.05, 0) is 25.0 Å². The second-order valence-corrected chi connectivity index (χ2v) is 4.95. The van der Waals surface area contributed by atoms with E-state index >= 15 is 0 Å². The Morgan fingerprint density at radius 1 is 1.38 bits per heavy atom. The number of hydrogen-bond donors (Lipinski definition) is 2. The van der Waals surface area contributed by atoms with Crippen LogP contribution in [0.25, 0.3) is 0 Å². The van der Waals surface area contributed by atoms with Gasteiger partial charge < -0.3 is 10.4 Å². The predicted molar refractivity (Wildman–Crippen MR) is 89.3 cm³/mol. The van der Waals surface area contributed by atoms with E-state index in [0.29, 0.717) is 12.0 Å². The number of hydrogen-bond acceptors (Lipinski definition) is 3. The maximum absolute atomic E-state index is 13.6. The molecule has 1 atom stereocenters. The van der Waals surface area contributed by atoms with Crippen LogP contribution >= 0.6 is 24.8 Å². The van der Waals surface area contributed by atoms with Crippen LogP contribution in [-0.4, -0.2) is 36.2 Å². The average molecular weight is 337 g/mol. The Bertz CT molecular complexity index is 465. The molecule has 2 N–H and O–H groups in total. The van der Waals surface area contributed by atoms with Crippen LogP contribution in [0.4, 0.5) is 4.39 Å². The van der Waals surface area contributed by atoms with Gasteiger partial charge in [0.1, 0.15) is 0 Å². The number of rotatable bonds is 4. The molecule has 1 fully saturated rings. The Labute approximate surface area is 138 Å². The summed E-state index contributed by atoms with van der Waals surface area (Å²) in [5.74, 6) is -0.768. The maximum Gasteiger partial charge on any atom is 0.165 e. The quantitative estimate of drug-likeness (QED) is 0.829. The first kappa shape index (κ1) is 20.2. The molecule has 0 saturated carbocycles. The summed E-state index contributed by atoms with van der Waals surface area (Å²) in [5, 5.41) is 13.4. The van der Waals surface area contributed by atoms with E-state index in [9.17, 15) is 9.50 Å². The summed E-state index contributed by atoms with van der Waals surface area (Å²) in [6.07, 6.45) is 2.54. The van der Waals surface area contributed by atoms with Crippen LogP contribution < -0.4 is 5.32 Å². The van der Waals surface area contributed by atoms with Crippen LogP contribution in [0.2, 0.25) is 0 Å². The molecule has 0 amide bonds. The van der Waals surface area contributed by atoms with Gasteiger partial charge in [-0.3, -0.25) is 4.90 Å². The Kier molecular flexibility index (Phi) is 8.90. The topological polar surface area (TPSA) is 35.5 Å². The van der Waals surface area contributed by atoms with Crippen LogP contribution in [0.1, 0.15) is 23.6 Å². The van der Waals surface area contributed by atoms with Crippen LogP contribution in [0.5, 0.6) is 5.75 Å². The second kappa shape index (κ2) is 9.26. The van der Waals surface area contributed by atoms with Gasteiger partial charge in [-0.1, -0.05) is 12.1 Å². The van der Waals surface area contributed by atoms with Crippen molar-refractivity contribution in [3.8, 4) is 5.75 Å². The third kappa shape index (κ3) is 4.58. The zero-order valence-corrected chi connectivity index (χ0v) is 13.8. The molecular weight excluding hydrogens is 314 g/mol. The van der Waals surface area contributed by atoms with Gasteiger partial charge in [-0.25, -0.2) is 4.39 Å². The number of halogens is 3. The molecule has 1 heterocycles. The van der Waals surface area contributed by atoms with E-state index in [1.807, 2.05) is 13.0 Å². The van der Waals surface area contributed by atoms with Gasteiger partial charge in [0.15, 0.2) is 11.6 Å². The summed E-state index contributed by atoms with van der Waals surface area (Å²) in [4.78, 5) is 2.28. The second-order valence-electron chi connectivity index (χ2n) is 4.95. The van der Waals surface area contributed by atoms with Crippen molar-refractivity contribution in [2.45, 2.75) is 19.4 Å². The van der Waals surface area contributed by atoms with Crippen LogP contribution in [-0.2, 0) is 0 Å². The summed E-state index contributed by atoms with van der Waals surface area (Å²) in [6, 6.07) is 3.04. The van der Waals surface area contributed by atoms with Gasteiger partial charge in [-0.15, -0.1) is 31.4 Å². The summed E-state index contributed by atoms with van der Waals surface area (Å²) < 4.78 is 13.6. The first-order chi connectivity index (χ1) is 9.15. The van der Waals surface area contributed by atoms with Crippen molar-refractivity contribution in [1.29, 1.82) is 0 Å². The molecule has 0 bridgehead atoms. The smallest absolute Gasteiger partial charge is 0.165 e. The van der Waals surface area contributed by atoms with E-state index in [2.05, 4.69) is 16.8 Å². The number of phenolic OH excluding ortho intramolecular Hbond substituents is 1. The fourth-order valence-corrected chi connectivity index (χ4v) is 2.70. The minimum Gasteiger partial charge on any atom is -0.505 e. The van der Waals surface area contributed by atoms with Crippen LogP contribution in [0.3, 0.4) is 0 Å². The molecule has 0 aliphatic carbocycles. The highest BCUT2D eigenvalue weighted by molar-refractivity contribution is 5.85. The SMILES string of the molecule is C=CC[C@H](c1c(C)ccc(F)c1O)N1CCNCC1.Cl.Cl. The van der Waals surface area contributed by atoms with Crippen molar-refractivity contribution >= 4 is 24.8 Å². The third-order valence-electron chi connectivity index (χ3n) is 3.70. The van der Waals surface area contributed by atoms with Gasteiger partial charge in [-0.2, -0.15) is 0 Å². The molecule has 3 nitrogen and oxygen atoms in total. The van der Waals surface area contributed by atoms with Crippen LogP contribution in [0, 0.1) is 12.7 Å². The third-order valence-corrected chi connectivity index (χ3v) is 3.70. The number of aryl methyl sites for hydroxylation is 1. The molecule has 1 aromatic rings. The number of aromatic hydroxyl groups is 1. The molecule has 120 valence electrons. The Morgan fingerprint density at radius 3 is 2.57 bits per heavy atom. The van der Waals surface area contributed by atoms with E-state index in [-0.39, 0.29) is 36.6 Å². The fraction of sp³-hybridized carbons (Fsp3) is 0.467. The molecule has 0 spiro atoms. The van der Waals surface area contributed by atoms with Crippen molar-refractivity contribution < 1.29 is 9.50 Å². The lowest BCUT2D eigenvalue weighted by Gasteiger charge is -2.35. The van der Waals surface area contributed by atoms with Crippen molar-refractivity contribution in [2.75, 3.05) is 26.2 Å².